The second-order valence-corrected chi connectivity index (χ2v) is 7.34. The van der Waals surface area contributed by atoms with Gasteiger partial charge in [0.15, 0.2) is 0 Å². The second kappa shape index (κ2) is 6.99. The van der Waals surface area contributed by atoms with Gasteiger partial charge in [0.2, 0.25) is 0 Å². The van der Waals surface area contributed by atoms with Gasteiger partial charge in [-0.1, -0.05) is 46.3 Å². The van der Waals surface area contributed by atoms with E-state index in [1.807, 2.05) is 36.4 Å². The minimum Gasteiger partial charge on any atom is -0.308 e. The molecule has 0 fully saturated rings. The average molecular weight is 482 g/mol. The molecule has 0 aromatic heterocycles. The van der Waals surface area contributed by atoms with Gasteiger partial charge >= 0.3 is 0 Å². The minimum absolute atomic E-state index is 1.03. The quantitative estimate of drug-likeness (QED) is 0.375. The van der Waals surface area contributed by atoms with Crippen molar-refractivity contribution < 1.29 is 0 Å². The van der Waals surface area contributed by atoms with Gasteiger partial charge < -0.3 is 4.90 Å². The van der Waals surface area contributed by atoms with Crippen LogP contribution in [0.15, 0.2) is 86.2 Å². The molecule has 0 atom stereocenters. The molecule has 0 unspecified atom stereocenters. The summed E-state index contributed by atoms with van der Waals surface area (Å²) in [6.07, 6.45) is 0. The summed E-state index contributed by atoms with van der Waals surface area (Å²) in [5.74, 6) is 0. The first kappa shape index (κ1) is 15.8. The first-order valence-electron chi connectivity index (χ1n) is 6.71. The van der Waals surface area contributed by atoms with E-state index in [0.717, 1.165) is 30.5 Å². The van der Waals surface area contributed by atoms with E-state index < -0.39 is 0 Å². The Morgan fingerprint density at radius 2 is 1.23 bits per heavy atom. The predicted molar refractivity (Wildman–Crippen MR) is 104 cm³/mol. The number of benzene rings is 3. The van der Waals surface area contributed by atoms with E-state index >= 15 is 0 Å². The molecule has 0 heterocycles. The van der Waals surface area contributed by atoms with Crippen LogP contribution in [-0.4, -0.2) is 0 Å². The van der Waals surface area contributed by atoms with Gasteiger partial charge in [-0.25, -0.2) is 0 Å². The Bertz CT molecular complexity index is 787. The van der Waals surface area contributed by atoms with Crippen LogP contribution in [0.3, 0.4) is 0 Å². The summed E-state index contributed by atoms with van der Waals surface area (Å²) in [5.41, 5.74) is 3.29. The van der Waals surface area contributed by atoms with E-state index in [-0.39, 0.29) is 0 Å². The highest BCUT2D eigenvalue weighted by atomic mass is 79.9. The predicted octanol–water partition coefficient (Wildman–Crippen LogP) is 7.44. The van der Waals surface area contributed by atoms with Crippen LogP contribution < -0.4 is 4.90 Å². The van der Waals surface area contributed by atoms with Crippen molar-refractivity contribution in [3.63, 3.8) is 0 Å². The van der Waals surface area contributed by atoms with Crippen LogP contribution in [0.1, 0.15) is 0 Å². The maximum absolute atomic E-state index is 3.68. The molecule has 3 aromatic rings. The second-order valence-electron chi connectivity index (χ2n) is 4.72. The zero-order chi connectivity index (χ0) is 15.5. The Labute approximate surface area is 155 Å². The lowest BCUT2D eigenvalue weighted by atomic mass is 10.2. The molecule has 0 saturated carbocycles. The summed E-state index contributed by atoms with van der Waals surface area (Å²) in [4.78, 5) is 2.22. The van der Waals surface area contributed by atoms with Crippen molar-refractivity contribution in [3.05, 3.63) is 86.2 Å². The molecular formula is C18H12Br3N. The van der Waals surface area contributed by atoms with Gasteiger partial charge in [0.05, 0.1) is 11.4 Å². The molecule has 0 spiro atoms. The molecule has 110 valence electrons. The average Bonchev–Trinajstić information content (AvgIpc) is 2.52. The van der Waals surface area contributed by atoms with E-state index in [2.05, 4.69) is 89.1 Å². The van der Waals surface area contributed by atoms with Crippen LogP contribution in [0.4, 0.5) is 17.1 Å². The molecule has 0 radical (unpaired) electrons. The maximum Gasteiger partial charge on any atom is 0.0604 e. The fraction of sp³-hybridized carbons (Fsp3) is 0. The number of halogens is 3. The van der Waals surface area contributed by atoms with Crippen molar-refractivity contribution in [3.8, 4) is 0 Å². The first-order valence-corrected chi connectivity index (χ1v) is 9.09. The topological polar surface area (TPSA) is 3.24 Å². The lowest BCUT2D eigenvalue weighted by molar-refractivity contribution is 1.26. The van der Waals surface area contributed by atoms with E-state index in [1.54, 1.807) is 0 Å². The molecule has 3 rings (SSSR count). The third-order valence-electron chi connectivity index (χ3n) is 3.26. The van der Waals surface area contributed by atoms with Crippen LogP contribution in [0.5, 0.6) is 0 Å². The Balaban J connectivity index is 2.22. The van der Waals surface area contributed by atoms with Crippen LogP contribution >= 0.6 is 47.8 Å². The number of para-hydroxylation sites is 2. The summed E-state index contributed by atoms with van der Waals surface area (Å²) < 4.78 is 3.12. The zero-order valence-electron chi connectivity index (χ0n) is 11.5. The highest BCUT2D eigenvalue weighted by Crippen LogP contribution is 2.42. The maximum atomic E-state index is 3.68. The molecular weight excluding hydrogens is 470 g/mol. The SMILES string of the molecule is Brc1ccc(N(c2ccccc2)c2ccccc2Br)c(Br)c1. The van der Waals surface area contributed by atoms with Crippen molar-refractivity contribution >= 4 is 64.9 Å². The van der Waals surface area contributed by atoms with Crippen LogP contribution in [0.2, 0.25) is 0 Å². The van der Waals surface area contributed by atoms with Crippen LogP contribution in [0, 0.1) is 0 Å². The van der Waals surface area contributed by atoms with Crippen LogP contribution in [-0.2, 0) is 0 Å². The Kier molecular flexibility index (Phi) is 5.01. The van der Waals surface area contributed by atoms with Gasteiger partial charge in [-0.05, 0) is 74.3 Å². The number of nitrogens with zero attached hydrogens (tertiary/aromatic N) is 1. The van der Waals surface area contributed by atoms with Crippen molar-refractivity contribution in [2.75, 3.05) is 4.90 Å². The van der Waals surface area contributed by atoms with E-state index in [0.29, 0.717) is 0 Å². The molecule has 0 saturated heterocycles. The third-order valence-corrected chi connectivity index (χ3v) is 5.06. The molecule has 0 amide bonds. The largest absolute Gasteiger partial charge is 0.308 e. The normalized spacial score (nSPS) is 10.5. The van der Waals surface area contributed by atoms with E-state index in [9.17, 15) is 0 Å². The van der Waals surface area contributed by atoms with Gasteiger partial charge in [-0.2, -0.15) is 0 Å². The molecule has 22 heavy (non-hydrogen) atoms. The molecule has 0 bridgehead atoms. The van der Waals surface area contributed by atoms with Crippen molar-refractivity contribution in [2.24, 2.45) is 0 Å². The molecule has 0 aliphatic rings. The standard InChI is InChI=1S/C18H12Br3N/c19-13-10-11-18(16(21)12-13)22(14-6-2-1-3-7-14)17-9-5-4-8-15(17)20/h1-12H. The lowest BCUT2D eigenvalue weighted by Gasteiger charge is -2.27. The van der Waals surface area contributed by atoms with Crippen LogP contribution in [0.25, 0.3) is 0 Å². The molecule has 0 aliphatic carbocycles. The highest BCUT2D eigenvalue weighted by molar-refractivity contribution is 9.11. The number of hydrogen-bond acceptors (Lipinski definition) is 1. The lowest BCUT2D eigenvalue weighted by Crippen LogP contribution is -2.11. The van der Waals surface area contributed by atoms with E-state index in [1.165, 1.54) is 0 Å². The van der Waals surface area contributed by atoms with Crippen molar-refractivity contribution in [1.29, 1.82) is 0 Å². The molecule has 0 aliphatic heterocycles. The fourth-order valence-electron chi connectivity index (χ4n) is 2.28. The number of anilines is 3. The Morgan fingerprint density at radius 1 is 0.591 bits per heavy atom. The summed E-state index contributed by atoms with van der Waals surface area (Å²) in [6.45, 7) is 0. The number of hydrogen-bond donors (Lipinski definition) is 0. The highest BCUT2D eigenvalue weighted by Gasteiger charge is 2.17. The van der Waals surface area contributed by atoms with Gasteiger partial charge in [-0.3, -0.25) is 0 Å². The van der Waals surface area contributed by atoms with Gasteiger partial charge in [0.25, 0.3) is 0 Å². The third kappa shape index (κ3) is 3.29. The number of rotatable bonds is 3. The van der Waals surface area contributed by atoms with Gasteiger partial charge in [0.1, 0.15) is 0 Å². The summed E-state index contributed by atoms with van der Waals surface area (Å²) >= 11 is 10.9. The molecule has 1 nitrogen and oxygen atoms in total. The molecule has 4 heteroatoms. The summed E-state index contributed by atoms with van der Waals surface area (Å²) in [5, 5.41) is 0. The Morgan fingerprint density at radius 3 is 1.91 bits per heavy atom. The van der Waals surface area contributed by atoms with Crippen molar-refractivity contribution in [2.45, 2.75) is 0 Å². The smallest absolute Gasteiger partial charge is 0.0604 e. The van der Waals surface area contributed by atoms with Crippen molar-refractivity contribution in [1.82, 2.24) is 0 Å². The minimum atomic E-state index is 1.03. The summed E-state index contributed by atoms with van der Waals surface area (Å²) in [7, 11) is 0. The first-order chi connectivity index (χ1) is 10.7. The van der Waals surface area contributed by atoms with E-state index in [4.69, 9.17) is 0 Å². The summed E-state index contributed by atoms with van der Waals surface area (Å²) in [6, 6.07) is 24.8. The monoisotopic (exact) mass is 479 g/mol. The molecule has 3 aromatic carbocycles. The van der Waals surface area contributed by atoms with Gasteiger partial charge in [0, 0.05) is 19.1 Å². The fourth-order valence-corrected chi connectivity index (χ4v) is 3.97. The zero-order valence-corrected chi connectivity index (χ0v) is 16.3. The Hall–Kier alpha value is -1.10. The van der Waals surface area contributed by atoms with Gasteiger partial charge in [-0.15, -0.1) is 0 Å². The molecule has 0 N–H and O–H groups in total.